The van der Waals surface area contributed by atoms with Crippen molar-refractivity contribution in [1.82, 2.24) is 10.2 Å². The van der Waals surface area contributed by atoms with Gasteiger partial charge in [0.25, 0.3) is 0 Å². The summed E-state index contributed by atoms with van der Waals surface area (Å²) in [4.78, 5) is 13.5. The highest BCUT2D eigenvalue weighted by molar-refractivity contribution is 5.76. The van der Waals surface area contributed by atoms with Gasteiger partial charge in [-0.05, 0) is 44.7 Å². The first kappa shape index (κ1) is 14.6. The molecule has 19 heavy (non-hydrogen) atoms. The molecule has 0 bridgehead atoms. The van der Waals surface area contributed by atoms with Crippen LogP contribution in [-0.4, -0.2) is 43.2 Å². The Morgan fingerprint density at radius 1 is 1.21 bits per heavy atom. The smallest absolute Gasteiger partial charge is 0.343 e. The van der Waals surface area contributed by atoms with Crippen LogP contribution in [0.1, 0.15) is 32.1 Å². The second-order valence-corrected chi connectivity index (χ2v) is 5.59. The number of likely N-dealkylation sites (tertiary alicyclic amines) is 1. The summed E-state index contributed by atoms with van der Waals surface area (Å²) in [5.41, 5.74) is 0. The van der Waals surface area contributed by atoms with Crippen molar-refractivity contribution in [2.45, 2.75) is 38.3 Å². The molecule has 2 fully saturated rings. The van der Waals surface area contributed by atoms with Crippen molar-refractivity contribution in [3.8, 4) is 0 Å². The first-order valence-corrected chi connectivity index (χ1v) is 7.02. The van der Waals surface area contributed by atoms with Crippen LogP contribution >= 0.6 is 0 Å². The summed E-state index contributed by atoms with van der Waals surface area (Å²) >= 11 is 0. The van der Waals surface area contributed by atoms with Crippen molar-refractivity contribution in [2.75, 3.05) is 26.2 Å². The van der Waals surface area contributed by atoms with Gasteiger partial charge in [0.1, 0.15) is 0 Å². The van der Waals surface area contributed by atoms with Gasteiger partial charge in [0.2, 0.25) is 5.91 Å². The molecule has 1 N–H and O–H groups in total. The SMILES string of the molecule is O=C(CCC1CCNC1)N1CCC(C(F)(F)F)CC1. The summed E-state index contributed by atoms with van der Waals surface area (Å²) in [5, 5.41) is 3.25. The molecule has 1 atom stereocenters. The van der Waals surface area contributed by atoms with E-state index in [2.05, 4.69) is 5.32 Å². The topological polar surface area (TPSA) is 32.3 Å². The van der Waals surface area contributed by atoms with Gasteiger partial charge in [0, 0.05) is 19.5 Å². The minimum Gasteiger partial charge on any atom is -0.343 e. The minimum absolute atomic E-state index is 0.0209. The average molecular weight is 278 g/mol. The first-order valence-electron chi connectivity index (χ1n) is 7.02. The molecule has 3 nitrogen and oxygen atoms in total. The number of carbonyl (C=O) groups is 1. The van der Waals surface area contributed by atoms with E-state index in [4.69, 9.17) is 0 Å². The Labute approximate surface area is 111 Å². The van der Waals surface area contributed by atoms with Gasteiger partial charge in [-0.15, -0.1) is 0 Å². The Bertz CT molecular complexity index is 306. The van der Waals surface area contributed by atoms with Crippen LogP contribution in [0.25, 0.3) is 0 Å². The van der Waals surface area contributed by atoms with Crippen LogP contribution in [-0.2, 0) is 4.79 Å². The van der Waals surface area contributed by atoms with E-state index >= 15 is 0 Å². The zero-order valence-corrected chi connectivity index (χ0v) is 11.0. The maximum atomic E-state index is 12.5. The van der Waals surface area contributed by atoms with Crippen LogP contribution in [0.5, 0.6) is 0 Å². The number of piperidine rings is 1. The molecule has 0 spiro atoms. The van der Waals surface area contributed by atoms with Crippen LogP contribution in [0.3, 0.4) is 0 Å². The molecule has 2 rings (SSSR count). The van der Waals surface area contributed by atoms with Crippen LogP contribution in [0.4, 0.5) is 13.2 Å². The number of amides is 1. The van der Waals surface area contributed by atoms with Crippen molar-refractivity contribution in [3.05, 3.63) is 0 Å². The normalized spacial score (nSPS) is 25.8. The van der Waals surface area contributed by atoms with Gasteiger partial charge in [0.05, 0.1) is 5.92 Å². The number of nitrogens with zero attached hydrogens (tertiary/aromatic N) is 1. The molecule has 0 aromatic rings. The third kappa shape index (κ3) is 4.09. The Kier molecular flexibility index (Phi) is 4.71. The lowest BCUT2D eigenvalue weighted by Crippen LogP contribution is -2.42. The summed E-state index contributed by atoms with van der Waals surface area (Å²) in [5.74, 6) is -0.653. The number of rotatable bonds is 3. The molecule has 2 aliphatic heterocycles. The number of nitrogens with one attached hydrogen (secondary N) is 1. The molecular formula is C13H21F3N2O. The molecule has 0 aromatic carbocycles. The highest BCUT2D eigenvalue weighted by Gasteiger charge is 2.41. The lowest BCUT2D eigenvalue weighted by molar-refractivity contribution is -0.186. The molecule has 1 amide bonds. The van der Waals surface area contributed by atoms with E-state index < -0.39 is 12.1 Å². The van der Waals surface area contributed by atoms with Crippen molar-refractivity contribution < 1.29 is 18.0 Å². The van der Waals surface area contributed by atoms with E-state index in [-0.39, 0.29) is 31.8 Å². The molecule has 0 saturated carbocycles. The number of carbonyl (C=O) groups excluding carboxylic acids is 1. The summed E-state index contributed by atoms with van der Waals surface area (Å²) < 4.78 is 37.5. The molecule has 0 aromatic heterocycles. The van der Waals surface area contributed by atoms with Crippen molar-refractivity contribution >= 4 is 5.91 Å². The first-order chi connectivity index (χ1) is 8.97. The largest absolute Gasteiger partial charge is 0.391 e. The summed E-state index contributed by atoms with van der Waals surface area (Å²) in [6, 6.07) is 0. The molecule has 0 aliphatic carbocycles. The second-order valence-electron chi connectivity index (χ2n) is 5.59. The molecule has 0 radical (unpaired) electrons. The highest BCUT2D eigenvalue weighted by atomic mass is 19.4. The maximum absolute atomic E-state index is 12.5. The lowest BCUT2D eigenvalue weighted by atomic mass is 9.95. The van der Waals surface area contributed by atoms with Gasteiger partial charge < -0.3 is 10.2 Å². The zero-order chi connectivity index (χ0) is 13.9. The number of halogens is 3. The standard InChI is InChI=1S/C13H21F3N2O/c14-13(15,16)11-4-7-18(8-5-11)12(19)2-1-10-3-6-17-9-10/h10-11,17H,1-9H2. The average Bonchev–Trinajstić information content (AvgIpc) is 2.88. The van der Waals surface area contributed by atoms with Gasteiger partial charge in [-0.2, -0.15) is 13.2 Å². The third-order valence-electron chi connectivity index (χ3n) is 4.24. The monoisotopic (exact) mass is 278 g/mol. The predicted molar refractivity (Wildman–Crippen MR) is 65.6 cm³/mol. The molecule has 6 heteroatoms. The highest BCUT2D eigenvalue weighted by Crippen LogP contribution is 2.34. The molecule has 2 heterocycles. The fourth-order valence-electron chi connectivity index (χ4n) is 2.90. The van der Waals surface area contributed by atoms with E-state index in [9.17, 15) is 18.0 Å². The van der Waals surface area contributed by atoms with Crippen LogP contribution in [0.2, 0.25) is 0 Å². The number of hydrogen-bond acceptors (Lipinski definition) is 2. The summed E-state index contributed by atoms with van der Waals surface area (Å²) in [7, 11) is 0. The summed E-state index contributed by atoms with van der Waals surface area (Å²) in [6.45, 7) is 2.48. The van der Waals surface area contributed by atoms with E-state index in [0.717, 1.165) is 25.9 Å². The van der Waals surface area contributed by atoms with Gasteiger partial charge in [-0.3, -0.25) is 4.79 Å². The molecule has 2 saturated heterocycles. The van der Waals surface area contributed by atoms with E-state index in [0.29, 0.717) is 12.3 Å². The van der Waals surface area contributed by atoms with Gasteiger partial charge in [-0.25, -0.2) is 0 Å². The molecule has 1 unspecified atom stereocenters. The van der Waals surface area contributed by atoms with Crippen molar-refractivity contribution in [1.29, 1.82) is 0 Å². The van der Waals surface area contributed by atoms with E-state index in [1.54, 1.807) is 4.90 Å². The molecular weight excluding hydrogens is 257 g/mol. The lowest BCUT2D eigenvalue weighted by Gasteiger charge is -2.33. The van der Waals surface area contributed by atoms with Gasteiger partial charge >= 0.3 is 6.18 Å². The molecule has 2 aliphatic rings. The van der Waals surface area contributed by atoms with Crippen LogP contribution in [0.15, 0.2) is 0 Å². The van der Waals surface area contributed by atoms with Crippen LogP contribution < -0.4 is 5.32 Å². The Morgan fingerprint density at radius 2 is 1.89 bits per heavy atom. The second kappa shape index (κ2) is 6.11. The third-order valence-corrected chi connectivity index (χ3v) is 4.24. The van der Waals surface area contributed by atoms with Crippen molar-refractivity contribution in [3.63, 3.8) is 0 Å². The van der Waals surface area contributed by atoms with Crippen molar-refractivity contribution in [2.24, 2.45) is 11.8 Å². The predicted octanol–water partition coefficient (Wildman–Crippen LogP) is 2.18. The Morgan fingerprint density at radius 3 is 2.42 bits per heavy atom. The zero-order valence-electron chi connectivity index (χ0n) is 11.0. The van der Waals surface area contributed by atoms with Gasteiger partial charge in [-0.1, -0.05) is 0 Å². The Balaban J connectivity index is 1.70. The Hall–Kier alpha value is -0.780. The van der Waals surface area contributed by atoms with E-state index in [1.807, 2.05) is 0 Å². The van der Waals surface area contributed by atoms with E-state index in [1.165, 1.54) is 0 Å². The fourth-order valence-corrected chi connectivity index (χ4v) is 2.90. The number of alkyl halides is 3. The summed E-state index contributed by atoms with van der Waals surface area (Å²) in [6.07, 6.45) is -1.57. The van der Waals surface area contributed by atoms with Crippen LogP contribution in [0, 0.1) is 11.8 Å². The fraction of sp³-hybridized carbons (Fsp3) is 0.923. The maximum Gasteiger partial charge on any atom is 0.391 e. The molecule has 110 valence electrons. The van der Waals surface area contributed by atoms with Gasteiger partial charge in [0.15, 0.2) is 0 Å². The quantitative estimate of drug-likeness (QED) is 0.858. The number of hydrogen-bond donors (Lipinski definition) is 1. The minimum atomic E-state index is -4.11.